The highest BCUT2D eigenvalue weighted by atomic mass is 32.1. The van der Waals surface area contributed by atoms with Crippen LogP contribution in [0.4, 0.5) is 0 Å². The summed E-state index contributed by atoms with van der Waals surface area (Å²) in [5.41, 5.74) is 1.27. The zero-order valence-electron chi connectivity index (χ0n) is 19.8. The molecular weight excluding hydrogens is 468 g/mol. The third-order valence-electron chi connectivity index (χ3n) is 6.09. The molecule has 4 heterocycles. The van der Waals surface area contributed by atoms with Gasteiger partial charge in [-0.3, -0.25) is 9.69 Å². The molecule has 0 amide bonds. The van der Waals surface area contributed by atoms with Gasteiger partial charge in [0.25, 0.3) is 5.56 Å². The fraction of sp³-hybridized carbons (Fsp3) is 0.417. The van der Waals surface area contributed by atoms with Gasteiger partial charge in [-0.15, -0.1) is 16.4 Å². The Labute approximate surface area is 206 Å². The molecule has 0 fully saturated rings. The number of aromatic amines is 1. The van der Waals surface area contributed by atoms with Gasteiger partial charge in [0.1, 0.15) is 13.2 Å². The van der Waals surface area contributed by atoms with Crippen molar-refractivity contribution in [1.82, 2.24) is 30.1 Å². The zero-order valence-corrected chi connectivity index (χ0v) is 20.6. The average Bonchev–Trinajstić information content (AvgIpc) is 3.55. The Morgan fingerprint density at radius 2 is 2.06 bits per heavy atom. The Balaban J connectivity index is 1.50. The van der Waals surface area contributed by atoms with Crippen LogP contribution in [0.25, 0.3) is 10.9 Å². The van der Waals surface area contributed by atoms with E-state index in [-0.39, 0.29) is 11.6 Å². The van der Waals surface area contributed by atoms with E-state index in [9.17, 15) is 4.79 Å². The second kappa shape index (κ2) is 10.5. The molecule has 0 saturated carbocycles. The average molecular weight is 497 g/mol. The number of hydrogen-bond acceptors (Lipinski definition) is 9. The molecule has 184 valence electrons. The van der Waals surface area contributed by atoms with E-state index in [1.165, 1.54) is 4.88 Å². The summed E-state index contributed by atoms with van der Waals surface area (Å²) < 4.78 is 18.4. The number of benzene rings is 1. The van der Waals surface area contributed by atoms with E-state index in [4.69, 9.17) is 14.2 Å². The smallest absolute Gasteiger partial charge is 0.252 e. The Hall–Kier alpha value is -3.28. The van der Waals surface area contributed by atoms with Crippen LogP contribution in [0.1, 0.15) is 35.7 Å². The number of nitrogens with one attached hydrogen (secondary N) is 1. The van der Waals surface area contributed by atoms with E-state index in [2.05, 4.69) is 43.8 Å². The highest BCUT2D eigenvalue weighted by Gasteiger charge is 2.26. The number of rotatable bonds is 10. The monoisotopic (exact) mass is 496 g/mol. The molecule has 0 saturated heterocycles. The first kappa shape index (κ1) is 23.5. The van der Waals surface area contributed by atoms with Crippen LogP contribution in [0, 0.1) is 0 Å². The molecule has 1 aliphatic heterocycles. The molecule has 5 rings (SSSR count). The minimum absolute atomic E-state index is 0.0840. The highest BCUT2D eigenvalue weighted by Crippen LogP contribution is 2.34. The Morgan fingerprint density at radius 3 is 2.80 bits per heavy atom. The summed E-state index contributed by atoms with van der Waals surface area (Å²) >= 11 is 1.69. The van der Waals surface area contributed by atoms with E-state index in [1.54, 1.807) is 23.1 Å². The van der Waals surface area contributed by atoms with Crippen LogP contribution in [0.5, 0.6) is 11.5 Å². The van der Waals surface area contributed by atoms with E-state index >= 15 is 0 Å². The predicted octanol–water partition coefficient (Wildman–Crippen LogP) is 3.15. The topological polar surface area (TPSA) is 107 Å². The number of fused-ring (bicyclic) bond motifs is 2. The van der Waals surface area contributed by atoms with Crippen LogP contribution in [-0.2, 0) is 24.4 Å². The first-order chi connectivity index (χ1) is 17.2. The van der Waals surface area contributed by atoms with Crippen molar-refractivity contribution in [3.8, 4) is 11.5 Å². The van der Waals surface area contributed by atoms with Crippen molar-refractivity contribution < 1.29 is 14.2 Å². The zero-order chi connectivity index (χ0) is 24.2. The van der Waals surface area contributed by atoms with E-state index < -0.39 is 0 Å². The predicted molar refractivity (Wildman–Crippen MR) is 132 cm³/mol. The highest BCUT2D eigenvalue weighted by molar-refractivity contribution is 7.09. The lowest BCUT2D eigenvalue weighted by Crippen LogP contribution is -2.32. The number of tetrazole rings is 1. The number of thiophene rings is 1. The third-order valence-corrected chi connectivity index (χ3v) is 6.95. The summed E-state index contributed by atoms with van der Waals surface area (Å²) in [6, 6.07) is 9.75. The Bertz CT molecular complexity index is 1340. The van der Waals surface area contributed by atoms with Gasteiger partial charge in [-0.25, -0.2) is 4.68 Å². The van der Waals surface area contributed by atoms with E-state index in [0.717, 1.165) is 23.1 Å². The van der Waals surface area contributed by atoms with Crippen molar-refractivity contribution in [1.29, 1.82) is 0 Å². The van der Waals surface area contributed by atoms with Crippen LogP contribution in [-0.4, -0.2) is 57.0 Å². The largest absolute Gasteiger partial charge is 0.486 e. The third kappa shape index (κ3) is 5.07. The second-order valence-corrected chi connectivity index (χ2v) is 9.40. The van der Waals surface area contributed by atoms with Crippen molar-refractivity contribution in [3.05, 3.63) is 62.3 Å². The molecule has 1 N–H and O–H groups in total. The van der Waals surface area contributed by atoms with Crippen LogP contribution in [0.3, 0.4) is 0 Å². The van der Waals surface area contributed by atoms with E-state index in [1.807, 2.05) is 24.3 Å². The molecule has 0 spiro atoms. The summed E-state index contributed by atoms with van der Waals surface area (Å²) in [5, 5.41) is 15.4. The standard InChI is InChI=1S/C24H28N6O4S/c1-3-20(23-26-27-28-30(23)6-7-32-2)29(15-18-5-4-10-35-18)14-17-11-16-12-21-22(34-9-8-33-21)13-19(16)25-24(17)31/h4-5,10-13,20H,3,6-9,14-15H2,1-2H3,(H,25,31)/t20-/m1/s1. The fourth-order valence-electron chi connectivity index (χ4n) is 4.39. The lowest BCUT2D eigenvalue weighted by molar-refractivity contribution is 0.152. The Morgan fingerprint density at radius 1 is 1.23 bits per heavy atom. The fourth-order valence-corrected chi connectivity index (χ4v) is 5.12. The molecule has 1 aliphatic rings. The maximum Gasteiger partial charge on any atom is 0.252 e. The summed E-state index contributed by atoms with van der Waals surface area (Å²) in [6.07, 6.45) is 0.781. The van der Waals surface area contributed by atoms with Crippen molar-refractivity contribution >= 4 is 22.2 Å². The second-order valence-electron chi connectivity index (χ2n) is 8.37. The number of H-pyrrole nitrogens is 1. The normalized spacial score (nSPS) is 14.0. The molecule has 3 aromatic heterocycles. The van der Waals surface area contributed by atoms with Crippen LogP contribution >= 0.6 is 11.3 Å². The quantitative estimate of drug-likeness (QED) is 0.357. The van der Waals surface area contributed by atoms with Gasteiger partial charge in [0, 0.05) is 42.1 Å². The summed E-state index contributed by atoms with van der Waals surface area (Å²) in [6.45, 7) is 5.31. The van der Waals surface area contributed by atoms with Crippen LogP contribution < -0.4 is 15.0 Å². The number of ether oxygens (including phenoxy) is 3. The van der Waals surface area contributed by atoms with Gasteiger partial charge in [-0.05, 0) is 40.4 Å². The molecule has 4 aromatic rings. The maximum absolute atomic E-state index is 13.1. The summed E-state index contributed by atoms with van der Waals surface area (Å²) in [5.74, 6) is 2.11. The molecule has 10 nitrogen and oxygen atoms in total. The lowest BCUT2D eigenvalue weighted by Gasteiger charge is -2.30. The number of methoxy groups -OCH3 is 1. The minimum atomic E-state index is -0.126. The molecule has 0 aliphatic carbocycles. The minimum Gasteiger partial charge on any atom is -0.486 e. The molecule has 35 heavy (non-hydrogen) atoms. The maximum atomic E-state index is 13.1. The molecule has 1 atom stereocenters. The van der Waals surface area contributed by atoms with Crippen molar-refractivity contribution in [3.63, 3.8) is 0 Å². The first-order valence-electron chi connectivity index (χ1n) is 11.6. The number of aromatic nitrogens is 5. The van der Waals surface area contributed by atoms with Gasteiger partial charge in [-0.2, -0.15) is 0 Å². The summed E-state index contributed by atoms with van der Waals surface area (Å²) in [4.78, 5) is 19.6. The summed E-state index contributed by atoms with van der Waals surface area (Å²) in [7, 11) is 1.66. The molecule has 11 heteroatoms. The number of nitrogens with zero attached hydrogens (tertiary/aromatic N) is 5. The van der Waals surface area contributed by atoms with Gasteiger partial charge in [-0.1, -0.05) is 13.0 Å². The number of hydrogen-bond donors (Lipinski definition) is 1. The van der Waals surface area contributed by atoms with Gasteiger partial charge >= 0.3 is 0 Å². The van der Waals surface area contributed by atoms with Gasteiger partial charge in [0.15, 0.2) is 17.3 Å². The van der Waals surface area contributed by atoms with Crippen LogP contribution in [0.15, 0.2) is 40.5 Å². The van der Waals surface area contributed by atoms with E-state index in [0.29, 0.717) is 56.5 Å². The van der Waals surface area contributed by atoms with Crippen molar-refractivity contribution in [2.75, 3.05) is 26.9 Å². The van der Waals surface area contributed by atoms with Gasteiger partial charge in [0.05, 0.1) is 24.7 Å². The molecule has 0 unspecified atom stereocenters. The molecule has 0 radical (unpaired) electrons. The van der Waals surface area contributed by atoms with Crippen molar-refractivity contribution in [2.45, 2.75) is 39.0 Å². The van der Waals surface area contributed by atoms with Gasteiger partial charge in [0.2, 0.25) is 0 Å². The molecular formula is C24H28N6O4S. The molecule has 1 aromatic carbocycles. The Kier molecular flexibility index (Phi) is 7.07. The SMILES string of the molecule is CC[C@H](c1nnnn1CCOC)N(Cc1cccs1)Cc1cc2cc3c(cc2[nH]c1=O)OCCO3. The lowest BCUT2D eigenvalue weighted by atomic mass is 10.1. The van der Waals surface area contributed by atoms with Crippen LogP contribution in [0.2, 0.25) is 0 Å². The number of pyridine rings is 1. The molecule has 0 bridgehead atoms. The first-order valence-corrected chi connectivity index (χ1v) is 12.5. The van der Waals surface area contributed by atoms with Gasteiger partial charge < -0.3 is 19.2 Å². The van der Waals surface area contributed by atoms with Crippen molar-refractivity contribution in [2.24, 2.45) is 0 Å².